The van der Waals surface area contributed by atoms with E-state index in [4.69, 9.17) is 14.3 Å². The Morgan fingerprint density at radius 1 is 1.35 bits per heavy atom. The van der Waals surface area contributed by atoms with Gasteiger partial charge in [0.1, 0.15) is 6.67 Å². The highest BCUT2D eigenvalue weighted by atomic mass is 19.1. The smallest absolute Gasteiger partial charge is 0.277 e. The molecule has 1 amide bonds. The first-order chi connectivity index (χ1) is 9.66. The number of benzene rings is 1. The standard InChI is InChI=1S/C14H18FNO4/c1-18-14(10-15,19-2)12-6-4-11(5-7-12)13(17)16-8-3-9-20-16/h4-7H,3,8-10H2,1-2H3. The second kappa shape index (κ2) is 6.30. The van der Waals surface area contributed by atoms with E-state index in [1.54, 1.807) is 24.3 Å². The van der Waals surface area contributed by atoms with Crippen molar-refractivity contribution in [1.29, 1.82) is 0 Å². The van der Waals surface area contributed by atoms with Crippen LogP contribution in [0.15, 0.2) is 24.3 Å². The fraction of sp³-hybridized carbons (Fsp3) is 0.500. The first kappa shape index (κ1) is 14.9. The van der Waals surface area contributed by atoms with Crippen LogP contribution >= 0.6 is 0 Å². The summed E-state index contributed by atoms with van der Waals surface area (Å²) in [6.07, 6.45) is 0.835. The summed E-state index contributed by atoms with van der Waals surface area (Å²) >= 11 is 0. The number of nitrogens with zero attached hydrogens (tertiary/aromatic N) is 1. The Hall–Kier alpha value is -1.50. The molecule has 0 N–H and O–H groups in total. The molecule has 1 fully saturated rings. The third-order valence-corrected chi connectivity index (χ3v) is 3.39. The van der Waals surface area contributed by atoms with Gasteiger partial charge in [0, 0.05) is 25.3 Å². The molecule has 1 aromatic carbocycles. The third-order valence-electron chi connectivity index (χ3n) is 3.39. The van der Waals surface area contributed by atoms with Gasteiger partial charge >= 0.3 is 0 Å². The number of amides is 1. The van der Waals surface area contributed by atoms with Crippen molar-refractivity contribution in [2.45, 2.75) is 12.2 Å². The second-order valence-corrected chi connectivity index (χ2v) is 4.47. The summed E-state index contributed by atoms with van der Waals surface area (Å²) in [5.41, 5.74) is 1.000. The first-order valence-electron chi connectivity index (χ1n) is 6.38. The monoisotopic (exact) mass is 283 g/mol. The minimum absolute atomic E-state index is 0.199. The molecule has 1 aliphatic heterocycles. The lowest BCUT2D eigenvalue weighted by Crippen LogP contribution is -2.33. The molecular weight excluding hydrogens is 265 g/mol. The summed E-state index contributed by atoms with van der Waals surface area (Å²) in [5, 5.41) is 1.34. The third kappa shape index (κ3) is 2.67. The summed E-state index contributed by atoms with van der Waals surface area (Å²) < 4.78 is 23.4. The van der Waals surface area contributed by atoms with Gasteiger partial charge in [-0.15, -0.1) is 0 Å². The topological polar surface area (TPSA) is 48.0 Å². The van der Waals surface area contributed by atoms with Crippen LogP contribution in [0.2, 0.25) is 0 Å². The molecule has 1 heterocycles. The van der Waals surface area contributed by atoms with E-state index in [9.17, 15) is 9.18 Å². The van der Waals surface area contributed by atoms with Gasteiger partial charge in [-0.2, -0.15) is 0 Å². The zero-order chi connectivity index (χ0) is 14.6. The van der Waals surface area contributed by atoms with Crippen LogP contribution in [0.1, 0.15) is 22.3 Å². The maximum atomic E-state index is 13.2. The van der Waals surface area contributed by atoms with Crippen LogP contribution in [0.3, 0.4) is 0 Å². The number of carbonyl (C=O) groups excluding carboxylic acids is 1. The van der Waals surface area contributed by atoms with E-state index in [-0.39, 0.29) is 5.91 Å². The molecule has 5 nitrogen and oxygen atoms in total. The molecule has 0 aromatic heterocycles. The second-order valence-electron chi connectivity index (χ2n) is 4.47. The van der Waals surface area contributed by atoms with Crippen molar-refractivity contribution in [3.63, 3.8) is 0 Å². The van der Waals surface area contributed by atoms with E-state index < -0.39 is 12.5 Å². The van der Waals surface area contributed by atoms with Gasteiger partial charge < -0.3 is 9.47 Å². The average Bonchev–Trinajstić information content (AvgIpc) is 3.04. The fourth-order valence-corrected chi connectivity index (χ4v) is 2.12. The number of hydroxylamine groups is 2. The van der Waals surface area contributed by atoms with Crippen molar-refractivity contribution in [2.24, 2.45) is 0 Å². The summed E-state index contributed by atoms with van der Waals surface area (Å²) in [6, 6.07) is 6.47. The maximum absolute atomic E-state index is 13.2. The predicted molar refractivity (Wildman–Crippen MR) is 69.7 cm³/mol. The number of ether oxygens (including phenoxy) is 2. The molecule has 0 radical (unpaired) electrons. The lowest BCUT2D eigenvalue weighted by atomic mass is 10.0. The molecule has 0 unspecified atom stereocenters. The van der Waals surface area contributed by atoms with Crippen LogP contribution in [0.4, 0.5) is 4.39 Å². The molecule has 0 atom stereocenters. The van der Waals surface area contributed by atoms with Crippen LogP contribution in [0.25, 0.3) is 0 Å². The van der Waals surface area contributed by atoms with E-state index in [1.807, 2.05) is 0 Å². The van der Waals surface area contributed by atoms with E-state index in [0.29, 0.717) is 24.3 Å². The quantitative estimate of drug-likeness (QED) is 0.774. The summed E-state index contributed by atoms with van der Waals surface area (Å²) in [6.45, 7) is 0.329. The zero-order valence-electron chi connectivity index (χ0n) is 11.6. The van der Waals surface area contributed by atoms with Gasteiger partial charge in [-0.3, -0.25) is 9.63 Å². The van der Waals surface area contributed by atoms with Gasteiger partial charge in [0.15, 0.2) is 0 Å². The molecule has 1 aromatic rings. The average molecular weight is 283 g/mol. The van der Waals surface area contributed by atoms with E-state index in [0.717, 1.165) is 6.42 Å². The minimum Gasteiger partial charge on any atom is -0.347 e. The summed E-state index contributed by atoms with van der Waals surface area (Å²) in [7, 11) is 2.75. The van der Waals surface area contributed by atoms with Crippen molar-refractivity contribution in [3.8, 4) is 0 Å². The lowest BCUT2D eigenvalue weighted by molar-refractivity contribution is -0.224. The Morgan fingerprint density at radius 2 is 2.00 bits per heavy atom. The molecule has 0 bridgehead atoms. The Labute approximate surface area is 117 Å². The maximum Gasteiger partial charge on any atom is 0.277 e. The molecular formula is C14H18FNO4. The summed E-state index contributed by atoms with van der Waals surface area (Å²) in [4.78, 5) is 17.3. The molecule has 6 heteroatoms. The largest absolute Gasteiger partial charge is 0.347 e. The molecule has 1 aliphatic rings. The molecule has 0 aliphatic carbocycles. The SMILES string of the molecule is COC(CF)(OC)c1ccc(C(=O)N2CCCO2)cc1. The highest BCUT2D eigenvalue weighted by molar-refractivity contribution is 5.93. The van der Waals surface area contributed by atoms with E-state index in [1.165, 1.54) is 19.3 Å². The van der Waals surface area contributed by atoms with Crippen molar-refractivity contribution >= 4 is 5.91 Å². The number of carbonyl (C=O) groups is 1. The molecule has 110 valence electrons. The number of methoxy groups -OCH3 is 2. The predicted octanol–water partition coefficient (Wildman–Crippen LogP) is 1.88. The summed E-state index contributed by atoms with van der Waals surface area (Å²) in [5.74, 6) is -1.62. The molecule has 0 spiro atoms. The van der Waals surface area contributed by atoms with Crippen molar-refractivity contribution in [3.05, 3.63) is 35.4 Å². The molecule has 1 saturated heterocycles. The Balaban J connectivity index is 2.19. The normalized spacial score (nSPS) is 15.7. The van der Waals surface area contributed by atoms with Gasteiger partial charge in [0.2, 0.25) is 5.79 Å². The number of hydrogen-bond donors (Lipinski definition) is 0. The lowest BCUT2D eigenvalue weighted by Gasteiger charge is -2.28. The highest BCUT2D eigenvalue weighted by Gasteiger charge is 2.32. The number of halogens is 1. The highest BCUT2D eigenvalue weighted by Crippen LogP contribution is 2.27. The van der Waals surface area contributed by atoms with E-state index >= 15 is 0 Å². The van der Waals surface area contributed by atoms with Crippen LogP contribution in [-0.2, 0) is 20.1 Å². The molecule has 20 heavy (non-hydrogen) atoms. The van der Waals surface area contributed by atoms with Gasteiger partial charge in [-0.1, -0.05) is 12.1 Å². The zero-order valence-corrected chi connectivity index (χ0v) is 11.6. The van der Waals surface area contributed by atoms with Gasteiger partial charge in [-0.05, 0) is 18.6 Å². The van der Waals surface area contributed by atoms with Crippen LogP contribution in [0, 0.1) is 0 Å². The first-order valence-corrected chi connectivity index (χ1v) is 6.38. The van der Waals surface area contributed by atoms with Gasteiger partial charge in [0.05, 0.1) is 13.2 Å². The minimum atomic E-state index is -1.42. The van der Waals surface area contributed by atoms with E-state index in [2.05, 4.69) is 0 Å². The Kier molecular flexibility index (Phi) is 4.69. The van der Waals surface area contributed by atoms with Crippen molar-refractivity contribution in [1.82, 2.24) is 5.06 Å². The van der Waals surface area contributed by atoms with Crippen LogP contribution in [-0.4, -0.2) is 45.0 Å². The molecule has 0 saturated carbocycles. The molecule has 2 rings (SSSR count). The number of rotatable bonds is 5. The van der Waals surface area contributed by atoms with Crippen LogP contribution in [0.5, 0.6) is 0 Å². The van der Waals surface area contributed by atoms with Crippen LogP contribution < -0.4 is 0 Å². The number of alkyl halides is 1. The number of hydrogen-bond acceptors (Lipinski definition) is 4. The van der Waals surface area contributed by atoms with Gasteiger partial charge in [-0.25, -0.2) is 9.45 Å². The Morgan fingerprint density at radius 3 is 2.45 bits per heavy atom. The van der Waals surface area contributed by atoms with Gasteiger partial charge in [0.25, 0.3) is 5.91 Å². The van der Waals surface area contributed by atoms with Crippen molar-refractivity contribution < 1.29 is 23.5 Å². The van der Waals surface area contributed by atoms with Crippen molar-refractivity contribution in [2.75, 3.05) is 34.0 Å². The fourth-order valence-electron chi connectivity index (χ4n) is 2.12. The Bertz CT molecular complexity index is 444.